The molecule has 0 bridgehead atoms. The molecule has 0 unspecified atom stereocenters. The van der Waals surface area contributed by atoms with Gasteiger partial charge in [0.2, 0.25) is 11.8 Å². The van der Waals surface area contributed by atoms with Gasteiger partial charge in [-0.2, -0.15) is 0 Å². The molecule has 2 rings (SSSR count). The number of nitrogens with two attached hydrogens (primary N) is 1. The van der Waals surface area contributed by atoms with Crippen LogP contribution in [0.25, 0.3) is 0 Å². The monoisotopic (exact) mass is 290 g/mol. The van der Waals surface area contributed by atoms with Crippen LogP contribution in [0.15, 0.2) is 12.1 Å². The molecule has 0 fully saturated rings. The molecule has 1 aliphatic heterocycles. The van der Waals surface area contributed by atoms with E-state index in [4.69, 9.17) is 5.73 Å². The third-order valence-electron chi connectivity index (χ3n) is 3.29. The molecule has 6 heteroatoms. The Hall–Kier alpha value is -2.24. The minimum absolute atomic E-state index is 0.0151. The zero-order valence-corrected chi connectivity index (χ0v) is 12.5. The van der Waals surface area contributed by atoms with E-state index in [1.807, 2.05) is 19.9 Å². The second kappa shape index (κ2) is 6.47. The van der Waals surface area contributed by atoms with Crippen LogP contribution in [-0.2, 0) is 16.0 Å². The molecule has 0 spiro atoms. The number of amides is 2. The highest BCUT2D eigenvalue weighted by Crippen LogP contribution is 2.30. The highest BCUT2D eigenvalue weighted by Gasteiger charge is 2.16. The highest BCUT2D eigenvalue weighted by atomic mass is 16.2. The first-order chi connectivity index (χ1) is 9.95. The number of fused-ring (bicyclic) bond motifs is 1. The van der Waals surface area contributed by atoms with Gasteiger partial charge in [-0.25, -0.2) is 0 Å². The van der Waals surface area contributed by atoms with Gasteiger partial charge in [-0.05, 0) is 38.0 Å². The molecule has 0 aromatic heterocycles. The van der Waals surface area contributed by atoms with Crippen molar-refractivity contribution >= 4 is 28.9 Å². The molecule has 0 saturated heterocycles. The Bertz CT molecular complexity index is 555. The topological polar surface area (TPSA) is 96.2 Å². The van der Waals surface area contributed by atoms with Crippen molar-refractivity contribution in [2.24, 2.45) is 0 Å². The Morgan fingerprint density at radius 3 is 2.86 bits per heavy atom. The fraction of sp³-hybridized carbons (Fsp3) is 0.467. The maximum absolute atomic E-state index is 11.6. The quantitative estimate of drug-likeness (QED) is 0.618. The zero-order chi connectivity index (χ0) is 15.4. The van der Waals surface area contributed by atoms with Gasteiger partial charge in [0.15, 0.2) is 0 Å². The summed E-state index contributed by atoms with van der Waals surface area (Å²) >= 11 is 0. The number of nitrogens with one attached hydrogen (secondary N) is 3. The van der Waals surface area contributed by atoms with Gasteiger partial charge in [-0.3, -0.25) is 9.59 Å². The molecular formula is C15H22N4O2. The van der Waals surface area contributed by atoms with E-state index in [-0.39, 0.29) is 17.9 Å². The summed E-state index contributed by atoms with van der Waals surface area (Å²) in [5.74, 6) is 0.0364. The van der Waals surface area contributed by atoms with E-state index in [0.29, 0.717) is 31.5 Å². The number of nitrogen functional groups attached to an aromatic ring is 1. The van der Waals surface area contributed by atoms with E-state index < -0.39 is 0 Å². The van der Waals surface area contributed by atoms with Crippen molar-refractivity contribution in [3.8, 4) is 0 Å². The van der Waals surface area contributed by atoms with Gasteiger partial charge in [0, 0.05) is 31.1 Å². The van der Waals surface area contributed by atoms with E-state index in [2.05, 4.69) is 16.0 Å². The number of rotatable bonds is 5. The van der Waals surface area contributed by atoms with Crippen LogP contribution in [0.2, 0.25) is 0 Å². The summed E-state index contributed by atoms with van der Waals surface area (Å²) in [6, 6.07) is 3.86. The molecule has 2 amide bonds. The maximum Gasteiger partial charge on any atom is 0.224 e. The van der Waals surface area contributed by atoms with E-state index >= 15 is 0 Å². The van der Waals surface area contributed by atoms with Crippen LogP contribution in [0.3, 0.4) is 0 Å². The lowest BCUT2D eigenvalue weighted by atomic mass is 10.0. The van der Waals surface area contributed by atoms with Gasteiger partial charge in [-0.1, -0.05) is 0 Å². The van der Waals surface area contributed by atoms with Crippen molar-refractivity contribution in [3.05, 3.63) is 17.7 Å². The molecule has 0 radical (unpaired) electrons. The van der Waals surface area contributed by atoms with Crippen molar-refractivity contribution in [2.45, 2.75) is 39.2 Å². The van der Waals surface area contributed by atoms with Crippen molar-refractivity contribution in [3.63, 3.8) is 0 Å². The predicted octanol–water partition coefficient (Wildman–Crippen LogP) is 1.48. The summed E-state index contributed by atoms with van der Waals surface area (Å²) in [7, 11) is 0. The van der Waals surface area contributed by atoms with Crippen molar-refractivity contribution in [2.75, 3.05) is 22.9 Å². The smallest absolute Gasteiger partial charge is 0.224 e. The lowest BCUT2D eigenvalue weighted by Crippen LogP contribution is -2.31. The Balaban J connectivity index is 1.95. The van der Waals surface area contributed by atoms with Gasteiger partial charge in [-0.15, -0.1) is 0 Å². The molecular weight excluding hydrogens is 268 g/mol. The van der Waals surface area contributed by atoms with Crippen molar-refractivity contribution in [1.82, 2.24) is 5.32 Å². The summed E-state index contributed by atoms with van der Waals surface area (Å²) < 4.78 is 0. The minimum Gasteiger partial charge on any atom is -0.397 e. The first-order valence-electron chi connectivity index (χ1n) is 7.21. The largest absolute Gasteiger partial charge is 0.397 e. The third kappa shape index (κ3) is 4.11. The minimum atomic E-state index is 0.0151. The molecule has 0 saturated carbocycles. The van der Waals surface area contributed by atoms with Crippen LogP contribution in [0.4, 0.5) is 17.1 Å². The standard InChI is InChI=1S/C15H22N4O2/c1-9(2)18-15(21)5-6-17-13-7-10-3-4-14(20)19-12(10)8-11(13)16/h7-9,17H,3-6,16H2,1-2H3,(H,18,21)(H,19,20). The summed E-state index contributed by atoms with van der Waals surface area (Å²) in [5.41, 5.74) is 9.20. The lowest BCUT2D eigenvalue weighted by Gasteiger charge is -2.19. The van der Waals surface area contributed by atoms with Gasteiger partial charge >= 0.3 is 0 Å². The molecule has 0 aliphatic carbocycles. The lowest BCUT2D eigenvalue weighted by molar-refractivity contribution is -0.121. The predicted molar refractivity (Wildman–Crippen MR) is 84.2 cm³/mol. The number of carbonyl (C=O) groups excluding carboxylic acids is 2. The second-order valence-electron chi connectivity index (χ2n) is 5.54. The summed E-state index contributed by atoms with van der Waals surface area (Å²) in [6.45, 7) is 4.38. The van der Waals surface area contributed by atoms with Crippen LogP contribution < -0.4 is 21.7 Å². The molecule has 6 nitrogen and oxygen atoms in total. The molecule has 1 aliphatic rings. The normalized spacial score (nSPS) is 13.6. The van der Waals surface area contributed by atoms with Gasteiger partial charge in [0.1, 0.15) is 0 Å². The number of carbonyl (C=O) groups is 2. The number of aryl methyl sites for hydroxylation is 1. The first kappa shape index (κ1) is 15.2. The summed E-state index contributed by atoms with van der Waals surface area (Å²) in [5, 5.41) is 8.83. The van der Waals surface area contributed by atoms with Crippen LogP contribution in [-0.4, -0.2) is 24.4 Å². The van der Waals surface area contributed by atoms with E-state index in [0.717, 1.165) is 16.9 Å². The molecule has 114 valence electrons. The van der Waals surface area contributed by atoms with Gasteiger partial charge in [0.05, 0.1) is 11.4 Å². The zero-order valence-electron chi connectivity index (χ0n) is 12.5. The first-order valence-corrected chi connectivity index (χ1v) is 7.21. The van der Waals surface area contributed by atoms with E-state index in [1.165, 1.54) is 0 Å². The summed E-state index contributed by atoms with van der Waals surface area (Å²) in [4.78, 5) is 22.9. The van der Waals surface area contributed by atoms with Crippen molar-refractivity contribution < 1.29 is 9.59 Å². The molecule has 0 atom stereocenters. The van der Waals surface area contributed by atoms with Gasteiger partial charge < -0.3 is 21.7 Å². The molecule has 1 aromatic carbocycles. The van der Waals surface area contributed by atoms with Crippen LogP contribution in [0.1, 0.15) is 32.3 Å². The van der Waals surface area contributed by atoms with Crippen LogP contribution in [0.5, 0.6) is 0 Å². The average molecular weight is 290 g/mol. The Kier molecular flexibility index (Phi) is 4.67. The van der Waals surface area contributed by atoms with E-state index in [9.17, 15) is 9.59 Å². The van der Waals surface area contributed by atoms with Gasteiger partial charge in [0.25, 0.3) is 0 Å². The van der Waals surface area contributed by atoms with Crippen molar-refractivity contribution in [1.29, 1.82) is 0 Å². The number of hydrogen-bond acceptors (Lipinski definition) is 4. The fourth-order valence-electron chi connectivity index (χ4n) is 2.30. The average Bonchev–Trinajstić information content (AvgIpc) is 2.38. The molecule has 21 heavy (non-hydrogen) atoms. The molecule has 1 aromatic rings. The second-order valence-corrected chi connectivity index (χ2v) is 5.54. The maximum atomic E-state index is 11.6. The Morgan fingerprint density at radius 1 is 1.38 bits per heavy atom. The molecule has 1 heterocycles. The highest BCUT2D eigenvalue weighted by molar-refractivity contribution is 5.95. The Morgan fingerprint density at radius 2 is 2.14 bits per heavy atom. The van der Waals surface area contributed by atoms with Crippen LogP contribution in [0, 0.1) is 0 Å². The molecule has 5 N–H and O–H groups in total. The number of benzene rings is 1. The number of anilines is 3. The van der Waals surface area contributed by atoms with E-state index in [1.54, 1.807) is 6.07 Å². The fourth-order valence-corrected chi connectivity index (χ4v) is 2.30. The third-order valence-corrected chi connectivity index (χ3v) is 3.29. The van der Waals surface area contributed by atoms with Crippen LogP contribution >= 0.6 is 0 Å². The number of hydrogen-bond donors (Lipinski definition) is 4. The SMILES string of the molecule is CC(C)NC(=O)CCNc1cc2c(cc1N)NC(=O)CC2. The summed E-state index contributed by atoms with van der Waals surface area (Å²) in [6.07, 6.45) is 1.60. The Labute approximate surface area is 124 Å².